The molecule has 0 bridgehead atoms. The summed E-state index contributed by atoms with van der Waals surface area (Å²) in [6.07, 6.45) is 1.49. The lowest BCUT2D eigenvalue weighted by molar-refractivity contribution is -0.134. The van der Waals surface area contributed by atoms with Crippen LogP contribution in [0.5, 0.6) is 0 Å². The third-order valence-corrected chi connectivity index (χ3v) is 6.71. The summed E-state index contributed by atoms with van der Waals surface area (Å²) in [5.74, 6) is -0.0412. The number of carbonyl (C=O) groups excluding carboxylic acids is 2. The zero-order chi connectivity index (χ0) is 22.8. The number of urea groups is 1. The van der Waals surface area contributed by atoms with Crippen molar-refractivity contribution in [3.05, 3.63) is 69.2 Å². The van der Waals surface area contributed by atoms with E-state index in [1.807, 2.05) is 49.5 Å². The Morgan fingerprint density at radius 2 is 1.84 bits per heavy atom. The Morgan fingerprint density at radius 1 is 1.12 bits per heavy atom. The van der Waals surface area contributed by atoms with Crippen LogP contribution in [-0.4, -0.2) is 59.9 Å². The molecule has 1 unspecified atom stereocenters. The summed E-state index contributed by atoms with van der Waals surface area (Å²) in [7, 11) is 3.80. The fourth-order valence-corrected chi connectivity index (χ4v) is 4.96. The van der Waals surface area contributed by atoms with E-state index in [0.717, 1.165) is 29.7 Å². The molecule has 2 aromatic rings. The molecule has 8 heteroatoms. The van der Waals surface area contributed by atoms with Crippen LogP contribution in [0.1, 0.15) is 35.6 Å². The molecule has 170 valence electrons. The highest BCUT2D eigenvalue weighted by molar-refractivity contribution is 6.30. The number of benzene rings is 2. The van der Waals surface area contributed by atoms with Crippen LogP contribution >= 0.6 is 23.2 Å². The largest absolute Gasteiger partial charge is 0.340 e. The first-order valence-corrected chi connectivity index (χ1v) is 11.6. The Morgan fingerprint density at radius 3 is 2.59 bits per heavy atom. The van der Waals surface area contributed by atoms with E-state index in [4.69, 9.17) is 23.2 Å². The molecule has 0 aliphatic carbocycles. The van der Waals surface area contributed by atoms with Crippen LogP contribution in [0.3, 0.4) is 0 Å². The molecule has 0 spiro atoms. The van der Waals surface area contributed by atoms with Crippen molar-refractivity contribution in [2.45, 2.75) is 38.0 Å². The van der Waals surface area contributed by atoms with E-state index in [1.54, 1.807) is 16.8 Å². The number of hydrogen-bond donors (Lipinski definition) is 1. The molecule has 3 amide bonds. The van der Waals surface area contributed by atoms with E-state index in [-0.39, 0.29) is 18.0 Å². The van der Waals surface area contributed by atoms with Gasteiger partial charge in [-0.25, -0.2) is 4.79 Å². The van der Waals surface area contributed by atoms with Crippen molar-refractivity contribution in [1.82, 2.24) is 20.0 Å². The lowest BCUT2D eigenvalue weighted by Crippen LogP contribution is -2.51. The van der Waals surface area contributed by atoms with Crippen LogP contribution in [-0.2, 0) is 17.9 Å². The Hall–Kier alpha value is -2.28. The van der Waals surface area contributed by atoms with Crippen molar-refractivity contribution in [1.29, 1.82) is 0 Å². The number of amides is 3. The molecule has 2 heterocycles. The zero-order valence-corrected chi connectivity index (χ0v) is 19.9. The molecule has 4 rings (SSSR count). The second kappa shape index (κ2) is 9.69. The highest BCUT2D eigenvalue weighted by atomic mass is 35.5. The lowest BCUT2D eigenvalue weighted by atomic mass is 9.96. The van der Waals surface area contributed by atoms with Crippen LogP contribution in [0.4, 0.5) is 4.79 Å². The summed E-state index contributed by atoms with van der Waals surface area (Å²) in [6.45, 7) is 2.56. The maximum atomic E-state index is 13.2. The van der Waals surface area contributed by atoms with Gasteiger partial charge in [-0.3, -0.25) is 9.69 Å². The molecule has 6 nitrogen and oxygen atoms in total. The predicted octanol–water partition coefficient (Wildman–Crippen LogP) is 4.31. The Bertz CT molecular complexity index is 998. The van der Waals surface area contributed by atoms with Crippen molar-refractivity contribution in [2.75, 3.05) is 27.2 Å². The van der Waals surface area contributed by atoms with E-state index in [0.29, 0.717) is 36.1 Å². The number of carbonyl (C=O) groups is 2. The van der Waals surface area contributed by atoms with Gasteiger partial charge in [-0.05, 0) is 60.8 Å². The van der Waals surface area contributed by atoms with Gasteiger partial charge < -0.3 is 15.1 Å². The minimum Gasteiger partial charge on any atom is -0.340 e. The quantitative estimate of drug-likeness (QED) is 0.717. The molecule has 0 saturated carbocycles. The van der Waals surface area contributed by atoms with Crippen molar-refractivity contribution >= 4 is 35.1 Å². The van der Waals surface area contributed by atoms with E-state index >= 15 is 0 Å². The Labute approximate surface area is 199 Å². The van der Waals surface area contributed by atoms with Crippen LogP contribution in [0, 0.1) is 0 Å². The molecule has 0 radical (unpaired) electrons. The van der Waals surface area contributed by atoms with Gasteiger partial charge in [-0.15, -0.1) is 0 Å². The highest BCUT2D eigenvalue weighted by Gasteiger charge is 2.37. The van der Waals surface area contributed by atoms with Crippen molar-refractivity contribution in [3.8, 4) is 0 Å². The molecular weight excluding hydrogens is 447 g/mol. The maximum absolute atomic E-state index is 13.2. The van der Waals surface area contributed by atoms with Gasteiger partial charge in [0.05, 0.1) is 6.04 Å². The van der Waals surface area contributed by atoms with Crippen molar-refractivity contribution < 1.29 is 9.59 Å². The summed E-state index contributed by atoms with van der Waals surface area (Å²) in [4.78, 5) is 31.9. The normalized spacial score (nSPS) is 20.7. The molecule has 2 aliphatic heterocycles. The fourth-order valence-electron chi connectivity index (χ4n) is 4.63. The molecule has 32 heavy (non-hydrogen) atoms. The molecular formula is C24H28Cl2N4O2. The predicted molar refractivity (Wildman–Crippen MR) is 127 cm³/mol. The minimum atomic E-state index is -0.446. The minimum absolute atomic E-state index is 0.0412. The number of likely N-dealkylation sites (N-methyl/N-ethyl adjacent to an activating group) is 2. The van der Waals surface area contributed by atoms with Crippen LogP contribution < -0.4 is 5.32 Å². The SMILES string of the molecule is CN1Cc2cc(Cl)ccc2C(NC(=O)N2CCC[C@@H]2C(=O)N(C)Cc2ccc(Cl)cc2)C1. The van der Waals surface area contributed by atoms with Crippen molar-refractivity contribution in [2.24, 2.45) is 0 Å². The monoisotopic (exact) mass is 474 g/mol. The first-order chi connectivity index (χ1) is 15.3. The number of fused-ring (bicyclic) bond motifs is 1. The third-order valence-electron chi connectivity index (χ3n) is 6.22. The second-order valence-corrected chi connectivity index (χ2v) is 9.59. The van der Waals surface area contributed by atoms with Gasteiger partial charge in [0.15, 0.2) is 0 Å². The molecule has 1 N–H and O–H groups in total. The van der Waals surface area contributed by atoms with Gasteiger partial charge in [0.2, 0.25) is 5.91 Å². The highest BCUT2D eigenvalue weighted by Crippen LogP contribution is 2.29. The summed E-state index contributed by atoms with van der Waals surface area (Å²) < 4.78 is 0. The van der Waals surface area contributed by atoms with Crippen molar-refractivity contribution in [3.63, 3.8) is 0 Å². The summed E-state index contributed by atoms with van der Waals surface area (Å²) >= 11 is 12.1. The summed E-state index contributed by atoms with van der Waals surface area (Å²) in [6, 6.07) is 12.5. The molecule has 1 fully saturated rings. The number of nitrogens with one attached hydrogen (secondary N) is 1. The van der Waals surface area contributed by atoms with Crippen LogP contribution in [0.25, 0.3) is 0 Å². The molecule has 2 aliphatic rings. The van der Waals surface area contributed by atoms with Gasteiger partial charge in [0.1, 0.15) is 6.04 Å². The van der Waals surface area contributed by atoms with E-state index in [1.165, 1.54) is 0 Å². The molecule has 1 saturated heterocycles. The lowest BCUT2D eigenvalue weighted by Gasteiger charge is -2.35. The maximum Gasteiger partial charge on any atom is 0.318 e. The first-order valence-electron chi connectivity index (χ1n) is 10.8. The summed E-state index contributed by atoms with van der Waals surface area (Å²) in [5.41, 5.74) is 3.20. The van der Waals surface area contributed by atoms with Crippen LogP contribution in [0.2, 0.25) is 10.0 Å². The molecule has 2 aromatic carbocycles. The smallest absolute Gasteiger partial charge is 0.318 e. The van der Waals surface area contributed by atoms with Gasteiger partial charge in [-0.2, -0.15) is 0 Å². The number of nitrogens with zero attached hydrogens (tertiary/aromatic N) is 3. The van der Waals surface area contributed by atoms with E-state index in [2.05, 4.69) is 10.2 Å². The summed E-state index contributed by atoms with van der Waals surface area (Å²) in [5, 5.41) is 4.52. The van der Waals surface area contributed by atoms with E-state index < -0.39 is 6.04 Å². The Balaban J connectivity index is 1.43. The number of hydrogen-bond acceptors (Lipinski definition) is 3. The Kier molecular flexibility index (Phi) is 6.93. The van der Waals surface area contributed by atoms with Gasteiger partial charge in [0, 0.05) is 43.3 Å². The van der Waals surface area contributed by atoms with Gasteiger partial charge >= 0.3 is 6.03 Å². The van der Waals surface area contributed by atoms with Crippen LogP contribution in [0.15, 0.2) is 42.5 Å². The van der Waals surface area contributed by atoms with Gasteiger partial charge in [0.25, 0.3) is 0 Å². The third kappa shape index (κ3) is 5.03. The second-order valence-electron chi connectivity index (χ2n) is 8.71. The molecule has 0 aromatic heterocycles. The first kappa shape index (κ1) is 22.9. The number of halogens is 2. The topological polar surface area (TPSA) is 55.9 Å². The van der Waals surface area contributed by atoms with E-state index in [9.17, 15) is 9.59 Å². The standard InChI is InChI=1S/C24H28Cl2N4O2/c1-28-14-17-12-19(26)9-10-20(17)21(15-28)27-24(32)30-11-3-4-22(30)23(31)29(2)13-16-5-7-18(25)8-6-16/h5-10,12,21-22H,3-4,11,13-15H2,1-2H3,(H,27,32)/t21?,22-/m1/s1. The fraction of sp³-hybridized carbons (Fsp3) is 0.417. The average molecular weight is 475 g/mol. The average Bonchev–Trinajstić information content (AvgIpc) is 3.24. The zero-order valence-electron chi connectivity index (χ0n) is 18.4. The number of rotatable bonds is 4. The molecule has 2 atom stereocenters. The van der Waals surface area contributed by atoms with Gasteiger partial charge in [-0.1, -0.05) is 41.4 Å². The number of likely N-dealkylation sites (tertiary alicyclic amines) is 1.